The fourth-order valence-corrected chi connectivity index (χ4v) is 1.85. The van der Waals surface area contributed by atoms with E-state index in [1.54, 1.807) is 20.8 Å². The van der Waals surface area contributed by atoms with E-state index in [9.17, 15) is 9.59 Å². The number of amides is 1. The average molecular weight is 271 g/mol. The van der Waals surface area contributed by atoms with Crippen molar-refractivity contribution < 1.29 is 19.1 Å². The molecular weight excluding hydrogens is 246 g/mol. The number of nitrogens with one attached hydrogen (secondary N) is 1. The molecule has 0 bridgehead atoms. The van der Waals surface area contributed by atoms with Crippen LogP contribution in [-0.4, -0.2) is 35.7 Å². The van der Waals surface area contributed by atoms with Crippen molar-refractivity contribution in [2.24, 2.45) is 5.92 Å². The SMILES string of the molecule is CC(C)C[C@H](NC(=O)OC(C)(C)C)C(=O)C1O[C@@H]1C. The molecule has 0 aliphatic carbocycles. The first-order valence-electron chi connectivity index (χ1n) is 6.79. The van der Waals surface area contributed by atoms with Gasteiger partial charge in [0, 0.05) is 0 Å². The van der Waals surface area contributed by atoms with Gasteiger partial charge in [0.1, 0.15) is 11.7 Å². The van der Waals surface area contributed by atoms with E-state index in [1.165, 1.54) is 0 Å². The number of rotatable bonds is 5. The minimum absolute atomic E-state index is 0.0393. The molecule has 0 spiro atoms. The number of carbonyl (C=O) groups excluding carboxylic acids is 2. The van der Waals surface area contributed by atoms with Crippen molar-refractivity contribution in [3.63, 3.8) is 0 Å². The topological polar surface area (TPSA) is 67.9 Å². The Morgan fingerprint density at radius 1 is 1.32 bits per heavy atom. The lowest BCUT2D eigenvalue weighted by molar-refractivity contribution is -0.122. The first-order valence-corrected chi connectivity index (χ1v) is 6.79. The van der Waals surface area contributed by atoms with Crippen LogP contribution >= 0.6 is 0 Å². The van der Waals surface area contributed by atoms with Gasteiger partial charge in [0.15, 0.2) is 5.78 Å². The lowest BCUT2D eigenvalue weighted by Gasteiger charge is -2.23. The van der Waals surface area contributed by atoms with Crippen LogP contribution in [0.5, 0.6) is 0 Å². The molecule has 19 heavy (non-hydrogen) atoms. The van der Waals surface area contributed by atoms with Crippen LogP contribution in [0.2, 0.25) is 0 Å². The zero-order valence-corrected chi connectivity index (χ0v) is 12.6. The van der Waals surface area contributed by atoms with E-state index in [2.05, 4.69) is 5.32 Å². The van der Waals surface area contributed by atoms with Gasteiger partial charge in [-0.05, 0) is 40.0 Å². The number of hydrogen-bond donors (Lipinski definition) is 1. The van der Waals surface area contributed by atoms with Crippen molar-refractivity contribution in [1.29, 1.82) is 0 Å². The second-order valence-electron chi connectivity index (χ2n) is 6.49. The quantitative estimate of drug-likeness (QED) is 0.779. The van der Waals surface area contributed by atoms with Gasteiger partial charge in [0.25, 0.3) is 0 Å². The second-order valence-corrected chi connectivity index (χ2v) is 6.49. The molecule has 1 rings (SSSR count). The smallest absolute Gasteiger partial charge is 0.408 e. The molecule has 0 aromatic carbocycles. The molecular formula is C14H25NO4. The summed E-state index contributed by atoms with van der Waals surface area (Å²) in [4.78, 5) is 23.9. The number of alkyl carbamates (subject to hydrolysis) is 1. The number of hydrogen-bond acceptors (Lipinski definition) is 4. The maximum atomic E-state index is 12.2. The predicted molar refractivity (Wildman–Crippen MR) is 72.0 cm³/mol. The molecule has 1 saturated heterocycles. The molecule has 0 aromatic rings. The van der Waals surface area contributed by atoms with E-state index < -0.39 is 17.7 Å². The zero-order valence-electron chi connectivity index (χ0n) is 12.6. The van der Waals surface area contributed by atoms with Crippen molar-refractivity contribution >= 4 is 11.9 Å². The van der Waals surface area contributed by atoms with Gasteiger partial charge in [-0.25, -0.2) is 4.79 Å². The van der Waals surface area contributed by atoms with Crippen LogP contribution in [0.1, 0.15) is 48.0 Å². The second kappa shape index (κ2) is 5.90. The molecule has 0 saturated carbocycles. The summed E-state index contributed by atoms with van der Waals surface area (Å²) in [5.74, 6) is 0.241. The average Bonchev–Trinajstić information content (AvgIpc) is 2.89. The zero-order chi connectivity index (χ0) is 14.8. The van der Waals surface area contributed by atoms with Crippen molar-refractivity contribution in [2.45, 2.75) is 71.8 Å². The molecule has 0 aromatic heterocycles. The van der Waals surface area contributed by atoms with E-state index in [-0.39, 0.29) is 18.0 Å². The summed E-state index contributed by atoms with van der Waals surface area (Å²) in [6.45, 7) is 11.2. The summed E-state index contributed by atoms with van der Waals surface area (Å²) in [5, 5.41) is 2.66. The van der Waals surface area contributed by atoms with Crippen LogP contribution in [-0.2, 0) is 14.3 Å². The lowest BCUT2D eigenvalue weighted by Crippen LogP contribution is -2.46. The molecule has 110 valence electrons. The highest BCUT2D eigenvalue weighted by Crippen LogP contribution is 2.25. The van der Waals surface area contributed by atoms with Crippen LogP contribution in [0.4, 0.5) is 4.79 Å². The third kappa shape index (κ3) is 5.59. The Kier molecular flexibility index (Phi) is 4.96. The maximum absolute atomic E-state index is 12.2. The summed E-state index contributed by atoms with van der Waals surface area (Å²) >= 11 is 0. The fourth-order valence-electron chi connectivity index (χ4n) is 1.85. The molecule has 1 fully saturated rings. The summed E-state index contributed by atoms with van der Waals surface area (Å²) in [7, 11) is 0. The van der Waals surface area contributed by atoms with Crippen LogP contribution in [0.15, 0.2) is 0 Å². The van der Waals surface area contributed by atoms with Gasteiger partial charge < -0.3 is 14.8 Å². The minimum atomic E-state index is -0.571. The maximum Gasteiger partial charge on any atom is 0.408 e. The highest BCUT2D eigenvalue weighted by atomic mass is 16.6. The Morgan fingerprint density at radius 3 is 2.21 bits per heavy atom. The molecule has 5 heteroatoms. The Morgan fingerprint density at radius 2 is 1.84 bits per heavy atom. The first-order chi connectivity index (χ1) is 8.60. The summed E-state index contributed by atoms with van der Waals surface area (Å²) in [6.07, 6.45) is -0.383. The van der Waals surface area contributed by atoms with Crippen molar-refractivity contribution in [3.05, 3.63) is 0 Å². The van der Waals surface area contributed by atoms with Gasteiger partial charge in [-0.3, -0.25) is 4.79 Å². The third-order valence-corrected chi connectivity index (χ3v) is 2.73. The molecule has 1 N–H and O–H groups in total. The van der Waals surface area contributed by atoms with Crippen molar-refractivity contribution in [3.8, 4) is 0 Å². The number of Topliss-reactive ketones (excluding diaryl/α,β-unsaturated/α-hetero) is 1. The van der Waals surface area contributed by atoms with E-state index in [1.807, 2.05) is 20.8 Å². The van der Waals surface area contributed by atoms with Crippen LogP contribution in [0, 0.1) is 5.92 Å². The lowest BCUT2D eigenvalue weighted by atomic mass is 9.98. The molecule has 3 atom stereocenters. The van der Waals surface area contributed by atoms with Gasteiger partial charge >= 0.3 is 6.09 Å². The molecule has 1 aliphatic heterocycles. The Hall–Kier alpha value is -1.10. The fraction of sp³-hybridized carbons (Fsp3) is 0.857. The van der Waals surface area contributed by atoms with E-state index in [0.29, 0.717) is 12.3 Å². The van der Waals surface area contributed by atoms with Gasteiger partial charge in [-0.15, -0.1) is 0 Å². The number of epoxide rings is 1. The van der Waals surface area contributed by atoms with Gasteiger partial charge in [0.2, 0.25) is 0 Å². The van der Waals surface area contributed by atoms with Gasteiger partial charge in [-0.2, -0.15) is 0 Å². The van der Waals surface area contributed by atoms with Crippen LogP contribution < -0.4 is 5.32 Å². The normalized spacial score (nSPS) is 23.9. The Balaban J connectivity index is 2.59. The van der Waals surface area contributed by atoms with Gasteiger partial charge in [0.05, 0.1) is 12.1 Å². The van der Waals surface area contributed by atoms with Crippen LogP contribution in [0.25, 0.3) is 0 Å². The van der Waals surface area contributed by atoms with Gasteiger partial charge in [-0.1, -0.05) is 13.8 Å². The standard InChI is InChI=1S/C14H25NO4/c1-8(2)7-10(11(16)12-9(3)18-12)15-13(17)19-14(4,5)6/h8-10,12H,7H2,1-6H3,(H,15,17)/t9-,10+,12?/m1/s1. The molecule has 1 heterocycles. The summed E-state index contributed by atoms with van der Waals surface area (Å²) in [5.41, 5.74) is -0.571. The summed E-state index contributed by atoms with van der Waals surface area (Å²) < 4.78 is 10.4. The first kappa shape index (κ1) is 16.0. The summed E-state index contributed by atoms with van der Waals surface area (Å²) in [6, 6.07) is -0.537. The van der Waals surface area contributed by atoms with Crippen molar-refractivity contribution in [1.82, 2.24) is 5.32 Å². The molecule has 1 unspecified atom stereocenters. The molecule has 5 nitrogen and oxygen atoms in total. The monoisotopic (exact) mass is 271 g/mol. The number of carbonyl (C=O) groups is 2. The van der Waals surface area contributed by atoms with E-state index in [0.717, 1.165) is 0 Å². The highest BCUT2D eigenvalue weighted by Gasteiger charge is 2.44. The molecule has 0 radical (unpaired) electrons. The Bertz CT molecular complexity index is 346. The number of ketones is 1. The van der Waals surface area contributed by atoms with Crippen LogP contribution in [0.3, 0.4) is 0 Å². The Labute approximate surface area is 115 Å². The number of ether oxygens (including phenoxy) is 2. The predicted octanol–water partition coefficient (Wildman–Crippen LogP) is 2.28. The van der Waals surface area contributed by atoms with E-state index in [4.69, 9.17) is 9.47 Å². The molecule has 1 amide bonds. The molecule has 1 aliphatic rings. The third-order valence-electron chi connectivity index (χ3n) is 2.73. The highest BCUT2D eigenvalue weighted by molar-refractivity contribution is 5.92. The van der Waals surface area contributed by atoms with E-state index >= 15 is 0 Å². The van der Waals surface area contributed by atoms with Crippen molar-refractivity contribution in [2.75, 3.05) is 0 Å². The largest absolute Gasteiger partial charge is 0.444 e. The minimum Gasteiger partial charge on any atom is -0.444 e.